The first-order chi connectivity index (χ1) is 7.91. The van der Waals surface area contributed by atoms with Crippen LogP contribution in [0.25, 0.3) is 0 Å². The summed E-state index contributed by atoms with van der Waals surface area (Å²) < 4.78 is 0. The summed E-state index contributed by atoms with van der Waals surface area (Å²) in [6.45, 7) is 1.08. The summed E-state index contributed by atoms with van der Waals surface area (Å²) >= 11 is 0. The molecule has 0 aromatic heterocycles. The summed E-state index contributed by atoms with van der Waals surface area (Å²) in [7, 11) is 0. The third-order valence-electron chi connectivity index (χ3n) is 4.49. The molecule has 0 aromatic rings. The molecule has 0 saturated heterocycles. The zero-order valence-electron chi connectivity index (χ0n) is 10.2. The molecule has 0 radical (unpaired) electrons. The van der Waals surface area contributed by atoms with Crippen molar-refractivity contribution in [1.82, 2.24) is 0 Å². The third-order valence-corrected chi connectivity index (χ3v) is 4.49. The van der Waals surface area contributed by atoms with Gasteiger partial charge >= 0.3 is 5.97 Å². The van der Waals surface area contributed by atoms with E-state index in [0.29, 0.717) is 0 Å². The maximum absolute atomic E-state index is 11.3. The second kappa shape index (κ2) is 4.31. The van der Waals surface area contributed by atoms with Gasteiger partial charge < -0.3 is 10.2 Å². The standard InChI is InChI=1S/C11H16O2.C2H4O2/c12-10(13)11-4-7-1-8(5-11)3-9(2-7)6-11;1-2(3)4/h7-9H,1-6H2,(H,12,13);1H3,(H,3,4). The highest BCUT2D eigenvalue weighted by Crippen LogP contribution is 2.59. The fourth-order valence-electron chi connectivity index (χ4n) is 4.37. The predicted molar refractivity (Wildman–Crippen MR) is 61.6 cm³/mol. The maximum atomic E-state index is 11.3. The van der Waals surface area contributed by atoms with Crippen LogP contribution in [0.1, 0.15) is 45.4 Å². The molecular weight excluding hydrogens is 220 g/mol. The lowest BCUT2D eigenvalue weighted by molar-refractivity contribution is -0.164. The van der Waals surface area contributed by atoms with Gasteiger partial charge in [-0.3, -0.25) is 9.59 Å². The van der Waals surface area contributed by atoms with Gasteiger partial charge in [0.15, 0.2) is 0 Å². The van der Waals surface area contributed by atoms with Crippen LogP contribution in [0.5, 0.6) is 0 Å². The Labute approximate surface area is 101 Å². The van der Waals surface area contributed by atoms with Crippen molar-refractivity contribution >= 4 is 11.9 Å². The van der Waals surface area contributed by atoms with E-state index >= 15 is 0 Å². The molecule has 96 valence electrons. The Morgan fingerprint density at radius 3 is 1.47 bits per heavy atom. The number of hydrogen-bond donors (Lipinski definition) is 2. The monoisotopic (exact) mass is 240 g/mol. The van der Waals surface area contributed by atoms with Gasteiger partial charge in [0.2, 0.25) is 0 Å². The molecule has 4 aliphatic rings. The van der Waals surface area contributed by atoms with Crippen molar-refractivity contribution in [2.75, 3.05) is 0 Å². The first-order valence-electron chi connectivity index (χ1n) is 6.34. The smallest absolute Gasteiger partial charge is 0.309 e. The Morgan fingerprint density at radius 2 is 1.24 bits per heavy atom. The van der Waals surface area contributed by atoms with E-state index in [9.17, 15) is 9.90 Å². The van der Waals surface area contributed by atoms with Crippen LogP contribution in [0.4, 0.5) is 0 Å². The first kappa shape index (κ1) is 12.4. The van der Waals surface area contributed by atoms with Crippen LogP contribution >= 0.6 is 0 Å². The van der Waals surface area contributed by atoms with Crippen LogP contribution in [0.3, 0.4) is 0 Å². The van der Waals surface area contributed by atoms with E-state index in [2.05, 4.69) is 0 Å². The number of carboxylic acid groups (broad SMARTS) is 2. The fraction of sp³-hybridized carbons (Fsp3) is 0.846. The van der Waals surface area contributed by atoms with E-state index in [4.69, 9.17) is 9.90 Å². The average molecular weight is 240 g/mol. The Bertz CT molecular complexity index is 295. The van der Waals surface area contributed by atoms with Crippen molar-refractivity contribution in [3.05, 3.63) is 0 Å². The molecule has 4 saturated carbocycles. The van der Waals surface area contributed by atoms with Gasteiger partial charge in [0.05, 0.1) is 5.41 Å². The molecule has 4 bridgehead atoms. The molecule has 4 fully saturated rings. The van der Waals surface area contributed by atoms with Crippen LogP contribution in [0.2, 0.25) is 0 Å². The molecule has 2 N–H and O–H groups in total. The van der Waals surface area contributed by atoms with Gasteiger partial charge in [-0.05, 0) is 56.3 Å². The molecule has 0 unspecified atom stereocenters. The Morgan fingerprint density at radius 1 is 0.941 bits per heavy atom. The van der Waals surface area contributed by atoms with Crippen molar-refractivity contribution in [2.45, 2.75) is 45.4 Å². The van der Waals surface area contributed by atoms with Gasteiger partial charge in [-0.15, -0.1) is 0 Å². The van der Waals surface area contributed by atoms with Crippen molar-refractivity contribution in [2.24, 2.45) is 23.2 Å². The summed E-state index contributed by atoms with van der Waals surface area (Å²) in [4.78, 5) is 20.3. The molecule has 0 aromatic carbocycles. The second-order valence-electron chi connectivity index (χ2n) is 6.02. The third kappa shape index (κ3) is 2.45. The highest BCUT2D eigenvalue weighted by molar-refractivity contribution is 5.75. The molecule has 4 aliphatic carbocycles. The molecule has 0 atom stereocenters. The molecule has 4 nitrogen and oxygen atoms in total. The van der Waals surface area contributed by atoms with E-state index in [1.165, 1.54) is 19.3 Å². The Hall–Kier alpha value is -1.06. The lowest BCUT2D eigenvalue weighted by atomic mass is 9.49. The summed E-state index contributed by atoms with van der Waals surface area (Å²) in [6.07, 6.45) is 6.92. The van der Waals surface area contributed by atoms with E-state index in [-0.39, 0.29) is 5.41 Å². The van der Waals surface area contributed by atoms with Crippen LogP contribution in [-0.2, 0) is 9.59 Å². The molecule has 17 heavy (non-hydrogen) atoms. The molecule has 0 heterocycles. The zero-order chi connectivity index (χ0) is 12.6. The summed E-state index contributed by atoms with van der Waals surface area (Å²) in [6, 6.07) is 0. The normalized spacial score (nSPS) is 41.6. The summed E-state index contributed by atoms with van der Waals surface area (Å²) in [5, 5.41) is 16.7. The minimum absolute atomic E-state index is 0.283. The number of aliphatic carboxylic acids is 2. The minimum Gasteiger partial charge on any atom is -0.481 e. The molecule has 0 amide bonds. The van der Waals surface area contributed by atoms with Crippen LogP contribution in [0.15, 0.2) is 0 Å². The topological polar surface area (TPSA) is 74.6 Å². The number of rotatable bonds is 1. The van der Waals surface area contributed by atoms with Gasteiger partial charge in [-0.1, -0.05) is 0 Å². The van der Waals surface area contributed by atoms with Crippen LogP contribution in [-0.4, -0.2) is 22.2 Å². The largest absolute Gasteiger partial charge is 0.481 e. The average Bonchev–Trinajstić information content (AvgIpc) is 2.13. The minimum atomic E-state index is -0.833. The number of carboxylic acids is 2. The summed E-state index contributed by atoms with van der Waals surface area (Å²) in [5.41, 5.74) is -0.283. The van der Waals surface area contributed by atoms with Gasteiger partial charge in [0.1, 0.15) is 0 Å². The van der Waals surface area contributed by atoms with Gasteiger partial charge in [0.25, 0.3) is 5.97 Å². The highest BCUT2D eigenvalue weighted by atomic mass is 16.4. The van der Waals surface area contributed by atoms with Gasteiger partial charge in [-0.2, -0.15) is 0 Å². The van der Waals surface area contributed by atoms with Crippen molar-refractivity contribution in [3.63, 3.8) is 0 Å². The lowest BCUT2D eigenvalue weighted by Gasteiger charge is -2.54. The van der Waals surface area contributed by atoms with Crippen molar-refractivity contribution in [3.8, 4) is 0 Å². The Kier molecular flexibility index (Phi) is 3.15. The SMILES string of the molecule is CC(=O)O.O=C(O)C12CC3CC(CC(C3)C1)C2. The quantitative estimate of drug-likeness (QED) is 0.738. The number of hydrogen-bond acceptors (Lipinski definition) is 2. The van der Waals surface area contributed by atoms with Crippen molar-refractivity contribution < 1.29 is 19.8 Å². The Balaban J connectivity index is 0.000000239. The van der Waals surface area contributed by atoms with Crippen molar-refractivity contribution in [1.29, 1.82) is 0 Å². The highest BCUT2D eigenvalue weighted by Gasteiger charge is 2.54. The second-order valence-corrected chi connectivity index (χ2v) is 6.02. The molecule has 0 aliphatic heterocycles. The van der Waals surface area contributed by atoms with Gasteiger partial charge in [-0.25, -0.2) is 0 Å². The lowest BCUT2D eigenvalue weighted by Crippen LogP contribution is -2.49. The van der Waals surface area contributed by atoms with Crippen LogP contribution < -0.4 is 0 Å². The molecule has 0 spiro atoms. The fourth-order valence-corrected chi connectivity index (χ4v) is 4.37. The van der Waals surface area contributed by atoms with E-state index < -0.39 is 11.9 Å². The first-order valence-corrected chi connectivity index (χ1v) is 6.34. The number of carbonyl (C=O) groups is 2. The van der Waals surface area contributed by atoms with E-state index in [1.54, 1.807) is 0 Å². The van der Waals surface area contributed by atoms with Gasteiger partial charge in [0, 0.05) is 6.92 Å². The molecular formula is C13H20O4. The summed E-state index contributed by atoms with van der Waals surface area (Å²) in [5.74, 6) is 0.915. The zero-order valence-corrected chi connectivity index (χ0v) is 10.2. The molecule has 4 heteroatoms. The molecule has 4 rings (SSSR count). The predicted octanol–water partition coefficient (Wildman–Crippen LogP) is 2.38. The van der Waals surface area contributed by atoms with E-state index in [1.807, 2.05) is 0 Å². The maximum Gasteiger partial charge on any atom is 0.309 e. The van der Waals surface area contributed by atoms with Crippen LogP contribution in [0, 0.1) is 23.2 Å². The van der Waals surface area contributed by atoms with E-state index in [0.717, 1.165) is 43.9 Å².